The van der Waals surface area contributed by atoms with Crippen molar-refractivity contribution in [2.24, 2.45) is 0 Å². The van der Waals surface area contributed by atoms with Crippen LogP contribution in [0.4, 0.5) is 16.2 Å². The van der Waals surface area contributed by atoms with Crippen molar-refractivity contribution < 1.29 is 4.79 Å². The smallest absolute Gasteiger partial charge is 0.307 e. The zero-order valence-electron chi connectivity index (χ0n) is 15.9. The summed E-state index contributed by atoms with van der Waals surface area (Å²) in [5.41, 5.74) is 7.83. The molecule has 5 nitrogen and oxygen atoms in total. The highest BCUT2D eigenvalue weighted by molar-refractivity contribution is 6.03. The summed E-state index contributed by atoms with van der Waals surface area (Å²) < 4.78 is 0. The van der Waals surface area contributed by atoms with E-state index in [0.29, 0.717) is 5.92 Å². The highest BCUT2D eigenvalue weighted by Gasteiger charge is 2.31. The van der Waals surface area contributed by atoms with Crippen LogP contribution in [0.25, 0.3) is 11.3 Å². The van der Waals surface area contributed by atoms with Crippen LogP contribution >= 0.6 is 0 Å². The van der Waals surface area contributed by atoms with Crippen molar-refractivity contribution in [3.63, 3.8) is 0 Å². The minimum absolute atomic E-state index is 0.251. The van der Waals surface area contributed by atoms with E-state index in [2.05, 4.69) is 52.9 Å². The van der Waals surface area contributed by atoms with Gasteiger partial charge in [0.05, 0.1) is 11.4 Å². The molecule has 3 N–H and O–H groups in total. The Morgan fingerprint density at radius 2 is 1.81 bits per heavy atom. The van der Waals surface area contributed by atoms with E-state index in [9.17, 15) is 4.79 Å². The number of anilines is 2. The molecular formula is C22H24N4O. The Morgan fingerprint density at radius 3 is 2.52 bits per heavy atom. The van der Waals surface area contributed by atoms with Crippen molar-refractivity contribution in [2.75, 3.05) is 10.6 Å². The maximum absolute atomic E-state index is 12.7. The molecule has 1 saturated carbocycles. The number of carbonyl (C=O) groups excluding carboxylic acids is 1. The molecule has 2 amide bonds. The topological polar surface area (TPSA) is 69.8 Å². The third kappa shape index (κ3) is 3.58. The number of carbonyl (C=O) groups is 1. The van der Waals surface area contributed by atoms with Crippen LogP contribution in [0.15, 0.2) is 42.5 Å². The summed E-state index contributed by atoms with van der Waals surface area (Å²) in [6.45, 7) is 6.13. The summed E-state index contributed by atoms with van der Waals surface area (Å²) in [5.74, 6) is 0.450. The van der Waals surface area contributed by atoms with Crippen LogP contribution in [0.1, 0.15) is 41.1 Å². The third-order valence-corrected chi connectivity index (χ3v) is 5.05. The fourth-order valence-corrected chi connectivity index (χ4v) is 3.40. The Labute approximate surface area is 159 Å². The van der Waals surface area contributed by atoms with Crippen molar-refractivity contribution in [1.82, 2.24) is 10.2 Å². The summed E-state index contributed by atoms with van der Waals surface area (Å²) >= 11 is 0. The number of hydrogen-bond acceptors (Lipinski definition) is 2. The zero-order chi connectivity index (χ0) is 19.0. The molecule has 1 aliphatic carbocycles. The highest BCUT2D eigenvalue weighted by Crippen LogP contribution is 2.45. The van der Waals surface area contributed by atoms with E-state index >= 15 is 0 Å². The number of H-pyrrole nitrogens is 1. The normalized spacial score (nSPS) is 13.4. The number of benzene rings is 2. The van der Waals surface area contributed by atoms with Gasteiger partial charge in [-0.1, -0.05) is 42.0 Å². The van der Waals surface area contributed by atoms with Crippen molar-refractivity contribution in [3.8, 4) is 11.3 Å². The largest absolute Gasteiger partial charge is 0.323 e. The Kier molecular flexibility index (Phi) is 4.44. The molecular weight excluding hydrogens is 336 g/mol. The van der Waals surface area contributed by atoms with Crippen molar-refractivity contribution in [3.05, 3.63) is 64.8 Å². The van der Waals surface area contributed by atoms with Crippen LogP contribution in [0.5, 0.6) is 0 Å². The monoisotopic (exact) mass is 360 g/mol. The molecule has 0 aliphatic heterocycles. The quantitative estimate of drug-likeness (QED) is 0.573. The summed E-state index contributed by atoms with van der Waals surface area (Å²) in [6.07, 6.45) is 2.26. The number of hydrogen-bond donors (Lipinski definition) is 3. The van der Waals surface area contributed by atoms with Gasteiger partial charge in [0.2, 0.25) is 0 Å². The lowest BCUT2D eigenvalue weighted by Gasteiger charge is -2.12. The van der Waals surface area contributed by atoms with E-state index in [1.54, 1.807) is 0 Å². The lowest BCUT2D eigenvalue weighted by molar-refractivity contribution is 0.262. The van der Waals surface area contributed by atoms with Crippen LogP contribution in [-0.2, 0) is 0 Å². The number of urea groups is 1. The molecule has 5 heteroatoms. The Morgan fingerprint density at radius 1 is 1.04 bits per heavy atom. The van der Waals surface area contributed by atoms with E-state index in [1.807, 2.05) is 31.2 Å². The first-order valence-corrected chi connectivity index (χ1v) is 9.32. The van der Waals surface area contributed by atoms with Crippen LogP contribution < -0.4 is 10.6 Å². The van der Waals surface area contributed by atoms with Crippen LogP contribution in [-0.4, -0.2) is 16.2 Å². The van der Waals surface area contributed by atoms with E-state index in [0.717, 1.165) is 52.3 Å². The van der Waals surface area contributed by atoms with E-state index in [4.69, 9.17) is 0 Å². The molecule has 0 atom stereocenters. The molecule has 0 saturated heterocycles. The SMILES string of the molecule is Cc1ccc(-c2n[nH]c(C3CC3)c2NC(=O)Nc2ccccc2C)c(C)c1. The zero-order valence-corrected chi connectivity index (χ0v) is 15.9. The summed E-state index contributed by atoms with van der Waals surface area (Å²) in [4.78, 5) is 12.7. The molecule has 0 radical (unpaired) electrons. The average Bonchev–Trinajstić information content (AvgIpc) is 3.39. The number of aryl methyl sites for hydroxylation is 3. The number of amides is 2. The standard InChI is InChI=1S/C22H24N4O/c1-13-8-11-17(15(3)12-13)20-21(19(25-26-20)16-9-10-16)24-22(27)23-18-7-5-4-6-14(18)2/h4-8,11-12,16H,9-10H2,1-3H3,(H,25,26)(H2,23,24,27). The molecule has 1 aromatic heterocycles. The van der Waals surface area contributed by atoms with Gasteiger partial charge in [-0.2, -0.15) is 5.10 Å². The van der Waals surface area contributed by atoms with Gasteiger partial charge in [-0.3, -0.25) is 5.10 Å². The molecule has 0 unspecified atom stereocenters. The van der Waals surface area contributed by atoms with Gasteiger partial charge in [0.1, 0.15) is 5.69 Å². The number of para-hydroxylation sites is 1. The second-order valence-electron chi connectivity index (χ2n) is 7.35. The summed E-state index contributed by atoms with van der Waals surface area (Å²) in [7, 11) is 0. The molecule has 1 heterocycles. The van der Waals surface area contributed by atoms with Gasteiger partial charge >= 0.3 is 6.03 Å². The van der Waals surface area contributed by atoms with Crippen molar-refractivity contribution >= 4 is 17.4 Å². The number of aromatic nitrogens is 2. The van der Waals surface area contributed by atoms with Gasteiger partial charge < -0.3 is 10.6 Å². The maximum Gasteiger partial charge on any atom is 0.323 e. The fourth-order valence-electron chi connectivity index (χ4n) is 3.40. The van der Waals surface area contributed by atoms with Gasteiger partial charge in [-0.25, -0.2) is 4.79 Å². The Balaban J connectivity index is 1.66. The van der Waals surface area contributed by atoms with Gasteiger partial charge in [0.25, 0.3) is 0 Å². The molecule has 2 aromatic carbocycles. The Hall–Kier alpha value is -3.08. The summed E-state index contributed by atoms with van der Waals surface area (Å²) in [5, 5.41) is 13.7. The first-order chi connectivity index (χ1) is 13.0. The average molecular weight is 360 g/mol. The minimum atomic E-state index is -0.251. The van der Waals surface area contributed by atoms with Gasteiger partial charge in [0, 0.05) is 17.2 Å². The van der Waals surface area contributed by atoms with Crippen LogP contribution in [0, 0.1) is 20.8 Å². The van der Waals surface area contributed by atoms with Crippen LogP contribution in [0.3, 0.4) is 0 Å². The molecule has 1 fully saturated rings. The first kappa shape index (κ1) is 17.3. The molecule has 27 heavy (non-hydrogen) atoms. The molecule has 3 aromatic rings. The molecule has 0 spiro atoms. The van der Waals surface area contributed by atoms with E-state index < -0.39 is 0 Å². The van der Waals surface area contributed by atoms with Crippen molar-refractivity contribution in [1.29, 1.82) is 0 Å². The number of rotatable bonds is 4. The van der Waals surface area contributed by atoms with E-state index in [-0.39, 0.29) is 6.03 Å². The number of nitrogens with one attached hydrogen (secondary N) is 3. The molecule has 4 rings (SSSR count). The van der Waals surface area contributed by atoms with E-state index in [1.165, 1.54) is 5.56 Å². The lowest BCUT2D eigenvalue weighted by Crippen LogP contribution is -2.20. The number of aromatic amines is 1. The van der Waals surface area contributed by atoms with Crippen LogP contribution in [0.2, 0.25) is 0 Å². The fraction of sp³-hybridized carbons (Fsp3) is 0.273. The third-order valence-electron chi connectivity index (χ3n) is 5.05. The van der Waals surface area contributed by atoms with Gasteiger partial charge in [-0.05, 0) is 50.8 Å². The minimum Gasteiger partial charge on any atom is -0.307 e. The Bertz CT molecular complexity index is 1000. The lowest BCUT2D eigenvalue weighted by atomic mass is 10.0. The molecule has 138 valence electrons. The second-order valence-corrected chi connectivity index (χ2v) is 7.35. The highest BCUT2D eigenvalue weighted by atomic mass is 16.2. The summed E-state index contributed by atoms with van der Waals surface area (Å²) in [6, 6.07) is 13.8. The second kappa shape index (κ2) is 6.91. The molecule has 1 aliphatic rings. The van der Waals surface area contributed by atoms with Crippen molar-refractivity contribution in [2.45, 2.75) is 39.5 Å². The molecule has 0 bridgehead atoms. The maximum atomic E-state index is 12.7. The predicted molar refractivity (Wildman–Crippen MR) is 109 cm³/mol. The van der Waals surface area contributed by atoms with Gasteiger partial charge in [-0.15, -0.1) is 0 Å². The van der Waals surface area contributed by atoms with Gasteiger partial charge in [0.15, 0.2) is 0 Å². The first-order valence-electron chi connectivity index (χ1n) is 9.32. The predicted octanol–water partition coefficient (Wildman–Crippen LogP) is 5.52. The number of nitrogens with zero attached hydrogens (tertiary/aromatic N) is 1.